The summed E-state index contributed by atoms with van der Waals surface area (Å²) in [7, 11) is -2.42. The second-order valence-electron chi connectivity index (χ2n) is 8.07. The van der Waals surface area contributed by atoms with Crippen LogP contribution in [0, 0.1) is 6.92 Å². The topological polar surface area (TPSA) is 93.7 Å². The molecule has 1 fully saturated rings. The summed E-state index contributed by atoms with van der Waals surface area (Å²) in [6.45, 7) is 11.5. The van der Waals surface area contributed by atoms with Crippen molar-refractivity contribution in [1.82, 2.24) is 8.80 Å². The Morgan fingerprint density at radius 1 is 1.33 bits per heavy atom. The molecule has 0 saturated carbocycles. The SMILES string of the molecule is Cc1cn([C@H]2CC(O)[C@@H](CO)O2)c(=O)n([Si](C)(C)C(C)(C)C)c1=O. The third-order valence-electron chi connectivity index (χ3n) is 5.37. The van der Waals surface area contributed by atoms with Gasteiger partial charge < -0.3 is 14.9 Å². The van der Waals surface area contributed by atoms with Gasteiger partial charge in [-0.3, -0.25) is 13.6 Å². The number of hydrogen-bond acceptors (Lipinski definition) is 5. The van der Waals surface area contributed by atoms with Gasteiger partial charge in [-0.1, -0.05) is 33.9 Å². The molecule has 2 N–H and O–H groups in total. The fourth-order valence-electron chi connectivity index (χ4n) is 2.78. The highest BCUT2D eigenvalue weighted by atomic mass is 28.3. The van der Waals surface area contributed by atoms with E-state index in [0.29, 0.717) is 5.56 Å². The van der Waals surface area contributed by atoms with E-state index in [2.05, 4.69) is 0 Å². The standard InChI is InChI=1S/C16H28N2O5Si/c1-10-8-17(13-7-11(20)12(9-19)23-13)15(22)18(14(10)21)24(5,6)16(2,3)4/h8,11-13,19-20H,7,9H2,1-6H3/t11?,12-,13-/m1/s1. The van der Waals surface area contributed by atoms with E-state index in [0.717, 1.165) is 0 Å². The first-order valence-electron chi connectivity index (χ1n) is 8.21. The zero-order valence-electron chi connectivity index (χ0n) is 15.2. The molecule has 8 heteroatoms. The van der Waals surface area contributed by atoms with Crippen molar-refractivity contribution in [2.45, 2.75) is 70.7 Å². The van der Waals surface area contributed by atoms with Crippen LogP contribution in [0.15, 0.2) is 15.8 Å². The summed E-state index contributed by atoms with van der Waals surface area (Å²) in [6.07, 6.45) is -0.526. The summed E-state index contributed by atoms with van der Waals surface area (Å²) < 4.78 is 8.39. The zero-order chi connectivity index (χ0) is 18.4. The highest BCUT2D eigenvalue weighted by Gasteiger charge is 2.42. The fourth-order valence-corrected chi connectivity index (χ4v) is 4.73. The summed E-state index contributed by atoms with van der Waals surface area (Å²) in [5.41, 5.74) is -0.210. The Hall–Kier alpha value is -1.22. The number of aliphatic hydroxyl groups excluding tert-OH is 2. The van der Waals surface area contributed by atoms with Crippen LogP contribution in [0.4, 0.5) is 0 Å². The van der Waals surface area contributed by atoms with Crippen molar-refractivity contribution in [3.05, 3.63) is 32.6 Å². The van der Waals surface area contributed by atoms with Crippen molar-refractivity contribution < 1.29 is 14.9 Å². The van der Waals surface area contributed by atoms with Gasteiger partial charge in [0.05, 0.1) is 12.7 Å². The first-order valence-corrected chi connectivity index (χ1v) is 11.2. The third kappa shape index (κ3) is 3.03. The smallest absolute Gasteiger partial charge is 0.324 e. The van der Waals surface area contributed by atoms with E-state index in [1.54, 1.807) is 6.92 Å². The average Bonchev–Trinajstić information content (AvgIpc) is 2.82. The van der Waals surface area contributed by atoms with Crippen LogP contribution in [0.1, 0.15) is 39.0 Å². The molecule has 1 aromatic heterocycles. The van der Waals surface area contributed by atoms with Gasteiger partial charge >= 0.3 is 5.69 Å². The quantitative estimate of drug-likeness (QED) is 0.782. The number of rotatable bonds is 3. The molecular weight excluding hydrogens is 328 g/mol. The van der Waals surface area contributed by atoms with Gasteiger partial charge in [0, 0.05) is 18.2 Å². The van der Waals surface area contributed by atoms with E-state index < -0.39 is 32.4 Å². The highest BCUT2D eigenvalue weighted by Crippen LogP contribution is 2.35. The lowest BCUT2D eigenvalue weighted by Crippen LogP contribution is -2.59. The summed E-state index contributed by atoms with van der Waals surface area (Å²) in [5, 5.41) is 19.0. The lowest BCUT2D eigenvalue weighted by Gasteiger charge is -2.37. The van der Waals surface area contributed by atoms with Crippen LogP contribution in [0.2, 0.25) is 18.1 Å². The Kier molecular flexibility index (Phi) is 4.98. The minimum Gasteiger partial charge on any atom is -0.394 e. The first kappa shape index (κ1) is 19.1. The summed E-state index contributed by atoms with van der Waals surface area (Å²) in [4.78, 5) is 25.7. The van der Waals surface area contributed by atoms with Gasteiger partial charge in [-0.15, -0.1) is 0 Å². The molecule has 24 heavy (non-hydrogen) atoms. The third-order valence-corrected chi connectivity index (χ3v) is 10.6. The monoisotopic (exact) mass is 356 g/mol. The van der Waals surface area contributed by atoms with E-state index in [9.17, 15) is 19.8 Å². The summed E-state index contributed by atoms with van der Waals surface area (Å²) in [5.74, 6) is 0. The highest BCUT2D eigenvalue weighted by molar-refractivity contribution is 6.78. The molecule has 1 saturated heterocycles. The van der Waals surface area contributed by atoms with Gasteiger partial charge in [0.2, 0.25) is 0 Å². The van der Waals surface area contributed by atoms with Crippen LogP contribution in [-0.2, 0) is 4.74 Å². The molecule has 1 aliphatic rings. The van der Waals surface area contributed by atoms with Crippen LogP contribution in [-0.4, -0.2) is 46.1 Å². The van der Waals surface area contributed by atoms with Crippen molar-refractivity contribution in [1.29, 1.82) is 0 Å². The Morgan fingerprint density at radius 2 is 1.92 bits per heavy atom. The van der Waals surface area contributed by atoms with E-state index in [1.165, 1.54) is 15.0 Å². The molecular formula is C16H28N2O5Si. The maximum Gasteiger partial charge on any atom is 0.324 e. The molecule has 3 atom stereocenters. The molecule has 1 aromatic rings. The van der Waals surface area contributed by atoms with Crippen molar-refractivity contribution in [2.75, 3.05) is 6.61 Å². The number of aliphatic hydroxyl groups is 2. The van der Waals surface area contributed by atoms with Gasteiger partial charge in [-0.05, 0) is 12.0 Å². The number of aromatic nitrogens is 2. The lowest BCUT2D eigenvalue weighted by molar-refractivity contribution is -0.0461. The molecule has 0 aliphatic carbocycles. The normalized spacial score (nSPS) is 25.2. The second kappa shape index (κ2) is 6.25. The van der Waals surface area contributed by atoms with Gasteiger partial charge in [-0.25, -0.2) is 4.79 Å². The summed E-state index contributed by atoms with van der Waals surface area (Å²) >= 11 is 0. The number of ether oxygens (including phenoxy) is 1. The van der Waals surface area contributed by atoms with Gasteiger partial charge in [0.15, 0.2) is 8.24 Å². The van der Waals surface area contributed by atoms with Gasteiger partial charge in [-0.2, -0.15) is 0 Å². The Balaban J connectivity index is 2.63. The molecule has 0 spiro atoms. The lowest BCUT2D eigenvalue weighted by atomic mass is 10.2. The minimum atomic E-state index is -2.42. The second-order valence-corrected chi connectivity index (χ2v) is 13.1. The molecule has 0 amide bonds. The van der Waals surface area contributed by atoms with E-state index in [-0.39, 0.29) is 23.6 Å². The molecule has 2 rings (SSSR count). The summed E-state index contributed by atoms with van der Waals surface area (Å²) in [6, 6.07) is 0. The Bertz CT molecular complexity index is 731. The molecule has 1 aliphatic heterocycles. The molecule has 1 unspecified atom stereocenters. The van der Waals surface area contributed by atoms with Gasteiger partial charge in [0.1, 0.15) is 12.3 Å². The van der Waals surface area contributed by atoms with Crippen LogP contribution in [0.3, 0.4) is 0 Å². The average molecular weight is 356 g/mol. The van der Waals surface area contributed by atoms with Gasteiger partial charge in [0.25, 0.3) is 5.56 Å². The van der Waals surface area contributed by atoms with Crippen molar-refractivity contribution in [3.63, 3.8) is 0 Å². The Morgan fingerprint density at radius 3 is 2.38 bits per heavy atom. The number of aryl methyl sites for hydroxylation is 1. The molecule has 0 aromatic carbocycles. The zero-order valence-corrected chi connectivity index (χ0v) is 16.2. The first-order chi connectivity index (χ1) is 10.9. The molecule has 136 valence electrons. The predicted molar refractivity (Wildman–Crippen MR) is 93.9 cm³/mol. The molecule has 0 bridgehead atoms. The molecule has 0 radical (unpaired) electrons. The van der Waals surface area contributed by atoms with Crippen LogP contribution in [0.5, 0.6) is 0 Å². The number of hydrogen-bond donors (Lipinski definition) is 2. The van der Waals surface area contributed by atoms with Crippen molar-refractivity contribution in [3.8, 4) is 0 Å². The van der Waals surface area contributed by atoms with Crippen LogP contribution < -0.4 is 11.2 Å². The van der Waals surface area contributed by atoms with Crippen molar-refractivity contribution in [2.24, 2.45) is 0 Å². The van der Waals surface area contributed by atoms with E-state index in [1.807, 2.05) is 33.9 Å². The predicted octanol–water partition coefficient (Wildman–Crippen LogP) is 0.812. The Labute approximate surface area is 142 Å². The maximum absolute atomic E-state index is 13.1. The largest absolute Gasteiger partial charge is 0.394 e. The van der Waals surface area contributed by atoms with E-state index in [4.69, 9.17) is 4.74 Å². The molecule has 2 heterocycles. The van der Waals surface area contributed by atoms with Crippen molar-refractivity contribution >= 4 is 8.24 Å². The van der Waals surface area contributed by atoms with E-state index >= 15 is 0 Å². The fraction of sp³-hybridized carbons (Fsp3) is 0.750. The maximum atomic E-state index is 13.1. The molecule has 7 nitrogen and oxygen atoms in total. The van der Waals surface area contributed by atoms with Crippen LogP contribution >= 0.6 is 0 Å². The number of nitrogens with zero attached hydrogens (tertiary/aromatic N) is 2. The minimum absolute atomic E-state index is 0.189. The van der Waals surface area contributed by atoms with Crippen LogP contribution in [0.25, 0.3) is 0 Å².